The Kier molecular flexibility index (Phi) is 9.19. The maximum absolute atomic E-state index is 13.4. The Morgan fingerprint density at radius 1 is 1.12 bits per heavy atom. The summed E-state index contributed by atoms with van der Waals surface area (Å²) in [6, 6.07) is 12.2. The molecule has 1 atom stereocenters. The van der Waals surface area contributed by atoms with Crippen LogP contribution in [0, 0.1) is 5.82 Å². The van der Waals surface area contributed by atoms with Crippen molar-refractivity contribution in [1.29, 1.82) is 0 Å². The van der Waals surface area contributed by atoms with Crippen molar-refractivity contribution in [3.05, 3.63) is 59.9 Å². The monoisotopic (exact) mass is 479 g/mol. The van der Waals surface area contributed by atoms with Crippen LogP contribution >= 0.6 is 0 Å². The van der Waals surface area contributed by atoms with E-state index < -0.39 is 10.0 Å². The lowest BCUT2D eigenvalue weighted by atomic mass is 10.0. The number of sulfonamides is 1. The molecule has 1 fully saturated rings. The van der Waals surface area contributed by atoms with Crippen LogP contribution < -0.4 is 14.8 Å². The Morgan fingerprint density at radius 2 is 1.79 bits per heavy atom. The van der Waals surface area contributed by atoms with Crippen molar-refractivity contribution in [2.45, 2.75) is 24.3 Å². The summed E-state index contributed by atoms with van der Waals surface area (Å²) in [6.07, 6.45) is -0.00446. The lowest BCUT2D eigenvalue weighted by Gasteiger charge is -2.35. The maximum atomic E-state index is 13.4. The number of rotatable bonds is 11. The highest BCUT2D eigenvalue weighted by atomic mass is 32.2. The minimum atomic E-state index is -3.73. The van der Waals surface area contributed by atoms with Gasteiger partial charge < -0.3 is 14.8 Å². The number of ether oxygens (including phenoxy) is 2. The van der Waals surface area contributed by atoms with Crippen molar-refractivity contribution in [1.82, 2.24) is 14.9 Å². The Morgan fingerprint density at radius 3 is 2.42 bits per heavy atom. The molecular weight excluding hydrogens is 449 g/mol. The van der Waals surface area contributed by atoms with Gasteiger partial charge in [0.15, 0.2) is 0 Å². The van der Waals surface area contributed by atoms with Crippen molar-refractivity contribution >= 4 is 15.9 Å². The molecule has 0 unspecified atom stereocenters. The number of amides is 1. The molecule has 3 rings (SSSR count). The van der Waals surface area contributed by atoms with Gasteiger partial charge in [0.1, 0.15) is 11.6 Å². The number of nitrogens with zero attached hydrogens (tertiary/aromatic N) is 1. The Bertz CT molecular complexity index is 994. The number of carbonyl (C=O) groups excluding carboxylic acids is 1. The standard InChI is InChI=1S/C23H30FN3O5S/c1-2-32-20-7-9-21(10-8-20)33(29,30)26-12-11-23(28)25-17-22(27-13-15-31-16-14-27)18-3-5-19(24)6-4-18/h3-10,22,26H,2,11-17H2,1H3,(H,25,28)/t22-/m1/s1. The van der Waals surface area contributed by atoms with Gasteiger partial charge in [0.05, 0.1) is 30.8 Å². The molecule has 1 saturated heterocycles. The minimum absolute atomic E-state index is 0.00446. The van der Waals surface area contributed by atoms with E-state index in [0.29, 0.717) is 45.2 Å². The first-order chi connectivity index (χ1) is 15.9. The van der Waals surface area contributed by atoms with Gasteiger partial charge in [0.25, 0.3) is 0 Å². The summed E-state index contributed by atoms with van der Waals surface area (Å²) in [5.74, 6) is -0.0000967. The van der Waals surface area contributed by atoms with E-state index in [4.69, 9.17) is 9.47 Å². The number of nitrogens with one attached hydrogen (secondary N) is 2. The fraction of sp³-hybridized carbons (Fsp3) is 0.435. The van der Waals surface area contributed by atoms with Crippen molar-refractivity contribution in [2.24, 2.45) is 0 Å². The van der Waals surface area contributed by atoms with Gasteiger partial charge in [0, 0.05) is 32.6 Å². The molecular formula is C23H30FN3O5S. The van der Waals surface area contributed by atoms with Gasteiger partial charge in [-0.05, 0) is 48.9 Å². The minimum Gasteiger partial charge on any atom is -0.494 e. The smallest absolute Gasteiger partial charge is 0.240 e. The SMILES string of the molecule is CCOc1ccc(S(=O)(=O)NCCC(=O)NC[C@H](c2ccc(F)cc2)N2CCOCC2)cc1. The van der Waals surface area contributed by atoms with Crippen LogP contribution in [0.2, 0.25) is 0 Å². The number of halogens is 1. The maximum Gasteiger partial charge on any atom is 0.240 e. The second-order valence-electron chi connectivity index (χ2n) is 7.57. The van der Waals surface area contributed by atoms with Gasteiger partial charge in [-0.1, -0.05) is 12.1 Å². The molecule has 180 valence electrons. The quantitative estimate of drug-likeness (QED) is 0.512. The van der Waals surface area contributed by atoms with Crippen LogP contribution in [0.4, 0.5) is 4.39 Å². The first-order valence-electron chi connectivity index (χ1n) is 11.0. The van der Waals surface area contributed by atoms with Gasteiger partial charge in [0.2, 0.25) is 15.9 Å². The van der Waals surface area contributed by atoms with Gasteiger partial charge in [-0.3, -0.25) is 9.69 Å². The topological polar surface area (TPSA) is 97.0 Å². The van der Waals surface area contributed by atoms with Crippen LogP contribution in [0.15, 0.2) is 53.4 Å². The van der Waals surface area contributed by atoms with Crippen LogP contribution in [-0.2, 0) is 19.6 Å². The average molecular weight is 480 g/mol. The summed E-state index contributed by atoms with van der Waals surface area (Å²) in [6.45, 7) is 5.25. The van der Waals surface area contributed by atoms with Gasteiger partial charge >= 0.3 is 0 Å². The third-order valence-electron chi connectivity index (χ3n) is 5.32. The average Bonchev–Trinajstić information content (AvgIpc) is 2.81. The molecule has 10 heteroatoms. The van der Waals surface area contributed by atoms with E-state index in [1.54, 1.807) is 24.3 Å². The highest BCUT2D eigenvalue weighted by Crippen LogP contribution is 2.22. The number of morpholine rings is 1. The fourth-order valence-corrected chi connectivity index (χ4v) is 4.63. The summed E-state index contributed by atoms with van der Waals surface area (Å²) in [5, 5.41) is 2.87. The lowest BCUT2D eigenvalue weighted by Crippen LogP contribution is -2.44. The second-order valence-corrected chi connectivity index (χ2v) is 9.34. The van der Waals surface area contributed by atoms with E-state index in [2.05, 4.69) is 14.9 Å². The molecule has 2 aromatic carbocycles. The van der Waals surface area contributed by atoms with Gasteiger partial charge in [-0.2, -0.15) is 0 Å². The number of hydrogen-bond donors (Lipinski definition) is 2. The summed E-state index contributed by atoms with van der Waals surface area (Å²) >= 11 is 0. The molecule has 1 amide bonds. The van der Waals surface area contributed by atoms with Crippen LogP contribution in [-0.4, -0.2) is 65.2 Å². The zero-order chi connectivity index (χ0) is 23.7. The van der Waals surface area contributed by atoms with Gasteiger partial charge in [-0.25, -0.2) is 17.5 Å². The molecule has 0 saturated carbocycles. The van der Waals surface area contributed by atoms with Crippen LogP contribution in [0.5, 0.6) is 5.75 Å². The lowest BCUT2D eigenvalue weighted by molar-refractivity contribution is -0.121. The molecule has 1 heterocycles. The van der Waals surface area contributed by atoms with Crippen LogP contribution in [0.1, 0.15) is 24.9 Å². The van der Waals surface area contributed by atoms with E-state index in [0.717, 1.165) is 5.56 Å². The van der Waals surface area contributed by atoms with E-state index in [1.807, 2.05) is 6.92 Å². The molecule has 2 N–H and O–H groups in total. The molecule has 0 aliphatic carbocycles. The van der Waals surface area contributed by atoms with Crippen molar-refractivity contribution in [3.8, 4) is 5.75 Å². The van der Waals surface area contributed by atoms with Crippen molar-refractivity contribution in [2.75, 3.05) is 46.0 Å². The summed E-state index contributed by atoms with van der Waals surface area (Å²) in [4.78, 5) is 14.7. The highest BCUT2D eigenvalue weighted by molar-refractivity contribution is 7.89. The van der Waals surface area contributed by atoms with Crippen molar-refractivity contribution < 1.29 is 27.1 Å². The van der Waals surface area contributed by atoms with E-state index in [-0.39, 0.29) is 35.6 Å². The molecule has 1 aliphatic rings. The molecule has 0 radical (unpaired) electrons. The zero-order valence-electron chi connectivity index (χ0n) is 18.6. The number of hydrogen-bond acceptors (Lipinski definition) is 6. The normalized spacial score (nSPS) is 15.7. The molecule has 33 heavy (non-hydrogen) atoms. The van der Waals surface area contributed by atoms with E-state index >= 15 is 0 Å². The van der Waals surface area contributed by atoms with E-state index in [1.165, 1.54) is 24.3 Å². The molecule has 2 aromatic rings. The fourth-order valence-electron chi connectivity index (χ4n) is 3.59. The Labute approximate surface area is 194 Å². The predicted molar refractivity (Wildman–Crippen MR) is 122 cm³/mol. The third kappa shape index (κ3) is 7.50. The molecule has 1 aliphatic heterocycles. The number of carbonyl (C=O) groups is 1. The molecule has 0 spiro atoms. The summed E-state index contributed by atoms with van der Waals surface area (Å²) in [5.41, 5.74) is 0.898. The third-order valence-corrected chi connectivity index (χ3v) is 6.80. The highest BCUT2D eigenvalue weighted by Gasteiger charge is 2.23. The number of benzene rings is 2. The molecule has 0 aromatic heterocycles. The summed E-state index contributed by atoms with van der Waals surface area (Å²) in [7, 11) is -3.73. The predicted octanol–water partition coefficient (Wildman–Crippen LogP) is 2.08. The first kappa shape index (κ1) is 25.1. The summed E-state index contributed by atoms with van der Waals surface area (Å²) < 4.78 is 51.4. The molecule has 8 nitrogen and oxygen atoms in total. The van der Waals surface area contributed by atoms with Crippen LogP contribution in [0.3, 0.4) is 0 Å². The molecule has 0 bridgehead atoms. The Balaban J connectivity index is 1.51. The largest absolute Gasteiger partial charge is 0.494 e. The Hall–Kier alpha value is -2.53. The van der Waals surface area contributed by atoms with Crippen molar-refractivity contribution in [3.63, 3.8) is 0 Å². The second kappa shape index (κ2) is 12.1. The van der Waals surface area contributed by atoms with E-state index in [9.17, 15) is 17.6 Å². The van der Waals surface area contributed by atoms with Crippen LogP contribution in [0.25, 0.3) is 0 Å². The first-order valence-corrected chi connectivity index (χ1v) is 12.4. The zero-order valence-corrected chi connectivity index (χ0v) is 19.4. The van der Waals surface area contributed by atoms with Gasteiger partial charge in [-0.15, -0.1) is 0 Å².